The molecule has 10 heteroatoms. The van der Waals surface area contributed by atoms with Gasteiger partial charge in [0.15, 0.2) is 8.32 Å². The van der Waals surface area contributed by atoms with Crippen LogP contribution >= 0.6 is 0 Å². The van der Waals surface area contributed by atoms with E-state index in [4.69, 9.17) is 13.9 Å². The molecule has 0 bridgehead atoms. The molecule has 0 saturated heterocycles. The molecule has 0 heterocycles. The van der Waals surface area contributed by atoms with E-state index in [1.165, 1.54) is 12.1 Å². The number of rotatable bonds is 20. The third kappa shape index (κ3) is 12.0. The number of ether oxygens (including phenoxy) is 2. The van der Waals surface area contributed by atoms with Crippen molar-refractivity contribution >= 4 is 24.0 Å². The lowest BCUT2D eigenvalue weighted by Gasteiger charge is -2.35. The maximum atomic E-state index is 13.9. The van der Waals surface area contributed by atoms with Crippen LogP contribution in [0.1, 0.15) is 60.7 Å². The molecule has 0 aliphatic carbocycles. The summed E-state index contributed by atoms with van der Waals surface area (Å²) in [7, 11) is -5.76. The Kier molecular flexibility index (Phi) is 14.3. The van der Waals surface area contributed by atoms with Gasteiger partial charge in [0.05, 0.1) is 18.0 Å². The Hall–Kier alpha value is -4.48. The molecule has 0 fully saturated rings. The first kappa shape index (κ1) is 39.7. The van der Waals surface area contributed by atoms with Gasteiger partial charge < -0.3 is 19.2 Å². The van der Waals surface area contributed by atoms with Crippen LogP contribution in [0.15, 0.2) is 127 Å². The number of nitrogens with one attached hydrogen (secondary N) is 2. The molecule has 5 rings (SSSR count). The van der Waals surface area contributed by atoms with Gasteiger partial charge in [-0.1, -0.05) is 112 Å². The second-order valence-electron chi connectivity index (χ2n) is 13.4. The molecule has 0 saturated carbocycles. The smallest absolute Gasteiger partial charge is 0.229 e. The summed E-state index contributed by atoms with van der Waals surface area (Å²) in [6.07, 6.45) is 1.37. The van der Waals surface area contributed by atoms with Crippen LogP contribution in [0, 0.1) is 5.82 Å². The van der Waals surface area contributed by atoms with Gasteiger partial charge in [-0.15, -0.1) is 0 Å². The molecule has 0 amide bonds. The van der Waals surface area contributed by atoms with E-state index < -0.39 is 18.3 Å². The molecule has 5 aromatic carbocycles. The number of hydrogen-bond acceptors (Lipinski definition) is 6. The van der Waals surface area contributed by atoms with Crippen LogP contribution < -0.4 is 19.5 Å². The standard InChI is InChI=1S/C43H51FN2O5SSi/c1-5-53(6-2,7-3)51-43(37-22-27-42(41(29-37)46-52(4,47)48)50-32-35-16-12-9-13-17-35)30-45-40(28-33-18-23-38(44)24-19-33)36-20-25-39(26-21-36)49-31-34-14-10-8-11-15-34/h8-27,29,40,43,45-46H,5-7,28,30-32H2,1-4H3/t40?,43-/m0/s1. The highest BCUT2D eigenvalue weighted by Gasteiger charge is 2.33. The molecule has 0 aliphatic rings. The van der Waals surface area contributed by atoms with Gasteiger partial charge in [0.1, 0.15) is 30.5 Å². The highest BCUT2D eigenvalue weighted by Crippen LogP contribution is 2.35. The van der Waals surface area contributed by atoms with Gasteiger partial charge in [-0.25, -0.2) is 12.8 Å². The number of benzene rings is 5. The number of sulfonamides is 1. The SMILES string of the molecule is CC[Si](CC)(CC)O[C@@H](CNC(Cc1ccc(F)cc1)c1ccc(OCc2ccccc2)cc1)c1ccc(OCc2ccccc2)c(NS(C)(=O)=O)c1. The van der Waals surface area contributed by atoms with E-state index in [9.17, 15) is 12.8 Å². The van der Waals surface area contributed by atoms with E-state index >= 15 is 0 Å². The number of halogens is 1. The predicted octanol–water partition coefficient (Wildman–Crippen LogP) is 9.99. The predicted molar refractivity (Wildman–Crippen MR) is 215 cm³/mol. The first-order valence-electron chi connectivity index (χ1n) is 18.3. The molecular weight excluding hydrogens is 704 g/mol. The van der Waals surface area contributed by atoms with E-state index in [0.717, 1.165) is 58.0 Å². The van der Waals surface area contributed by atoms with E-state index in [-0.39, 0.29) is 18.0 Å². The highest BCUT2D eigenvalue weighted by molar-refractivity contribution is 7.92. The third-order valence-corrected chi connectivity index (χ3v) is 14.9. The Bertz CT molecular complexity index is 1950. The van der Waals surface area contributed by atoms with Crippen molar-refractivity contribution in [1.29, 1.82) is 0 Å². The summed E-state index contributed by atoms with van der Waals surface area (Å²) in [5.74, 6) is 0.925. The van der Waals surface area contributed by atoms with Crippen LogP contribution in [-0.2, 0) is 34.1 Å². The molecule has 2 N–H and O–H groups in total. The third-order valence-electron chi connectivity index (χ3n) is 9.67. The first-order chi connectivity index (χ1) is 25.6. The van der Waals surface area contributed by atoms with Crippen LogP contribution in [0.5, 0.6) is 11.5 Å². The van der Waals surface area contributed by atoms with Crippen LogP contribution in [-0.4, -0.2) is 29.5 Å². The Morgan fingerprint density at radius 2 is 1.25 bits per heavy atom. The van der Waals surface area contributed by atoms with Crippen molar-refractivity contribution in [3.63, 3.8) is 0 Å². The Morgan fingerprint density at radius 1 is 0.679 bits per heavy atom. The van der Waals surface area contributed by atoms with Gasteiger partial charge in [0, 0.05) is 12.6 Å². The lowest BCUT2D eigenvalue weighted by Crippen LogP contribution is -2.40. The van der Waals surface area contributed by atoms with Gasteiger partial charge in [0.2, 0.25) is 10.0 Å². The summed E-state index contributed by atoms with van der Waals surface area (Å²) in [5, 5.41) is 3.79. The average molecular weight is 755 g/mol. The second kappa shape index (κ2) is 19.0. The molecule has 5 aromatic rings. The maximum Gasteiger partial charge on any atom is 0.229 e. The molecule has 1 unspecified atom stereocenters. The van der Waals surface area contributed by atoms with Crippen LogP contribution in [0.2, 0.25) is 18.1 Å². The summed E-state index contributed by atoms with van der Waals surface area (Å²) in [4.78, 5) is 0. The van der Waals surface area contributed by atoms with E-state index in [2.05, 4.69) is 42.9 Å². The fourth-order valence-corrected chi connectivity index (χ4v) is 9.75. The number of hydrogen-bond donors (Lipinski definition) is 2. The lowest BCUT2D eigenvalue weighted by atomic mass is 9.98. The zero-order valence-corrected chi connectivity index (χ0v) is 32.9. The van der Waals surface area contributed by atoms with Crippen molar-refractivity contribution < 1.29 is 26.7 Å². The average Bonchev–Trinajstić information content (AvgIpc) is 3.17. The summed E-state index contributed by atoms with van der Waals surface area (Å²) in [5.41, 5.74) is 5.31. The van der Waals surface area contributed by atoms with E-state index in [1.54, 1.807) is 0 Å². The van der Waals surface area contributed by atoms with Gasteiger partial charge in [-0.3, -0.25) is 4.72 Å². The minimum Gasteiger partial charge on any atom is -0.489 e. The van der Waals surface area contributed by atoms with E-state index in [1.807, 2.05) is 103 Å². The van der Waals surface area contributed by atoms with Crippen molar-refractivity contribution in [3.8, 4) is 11.5 Å². The summed E-state index contributed by atoms with van der Waals surface area (Å²) >= 11 is 0. The first-order valence-corrected chi connectivity index (χ1v) is 22.7. The van der Waals surface area contributed by atoms with Crippen molar-refractivity contribution in [2.45, 2.75) is 70.7 Å². The second-order valence-corrected chi connectivity index (χ2v) is 19.9. The Balaban J connectivity index is 1.44. The van der Waals surface area contributed by atoms with Crippen molar-refractivity contribution in [2.24, 2.45) is 0 Å². The Morgan fingerprint density at radius 3 is 1.81 bits per heavy atom. The van der Waals surface area contributed by atoms with Crippen LogP contribution in [0.3, 0.4) is 0 Å². The molecule has 7 nitrogen and oxygen atoms in total. The van der Waals surface area contributed by atoms with Gasteiger partial charge >= 0.3 is 0 Å². The van der Waals surface area contributed by atoms with Gasteiger partial charge in [-0.05, 0) is 88.8 Å². The largest absolute Gasteiger partial charge is 0.489 e. The molecule has 280 valence electrons. The van der Waals surface area contributed by atoms with E-state index in [0.29, 0.717) is 37.6 Å². The van der Waals surface area contributed by atoms with Crippen molar-refractivity contribution in [1.82, 2.24) is 5.32 Å². The molecular formula is C43H51FN2O5SSi. The summed E-state index contributed by atoms with van der Waals surface area (Å²) in [6.45, 7) is 7.80. The van der Waals surface area contributed by atoms with Gasteiger partial charge in [-0.2, -0.15) is 0 Å². The molecule has 53 heavy (non-hydrogen) atoms. The van der Waals surface area contributed by atoms with Crippen LogP contribution in [0.25, 0.3) is 0 Å². The molecule has 2 atom stereocenters. The molecule has 0 radical (unpaired) electrons. The fourth-order valence-electron chi connectivity index (χ4n) is 6.37. The zero-order chi connectivity index (χ0) is 37.7. The maximum absolute atomic E-state index is 13.9. The fraction of sp³-hybridized carbons (Fsp3) is 0.302. The quantitative estimate of drug-likeness (QED) is 0.0770. The highest BCUT2D eigenvalue weighted by atomic mass is 32.2. The normalized spacial score (nSPS) is 12.9. The lowest BCUT2D eigenvalue weighted by molar-refractivity contribution is 0.181. The minimum absolute atomic E-state index is 0.141. The van der Waals surface area contributed by atoms with Crippen LogP contribution in [0.4, 0.5) is 10.1 Å². The monoisotopic (exact) mass is 754 g/mol. The molecule has 0 aromatic heterocycles. The topological polar surface area (TPSA) is 85.9 Å². The Labute approximate surface area is 315 Å². The minimum atomic E-state index is -3.61. The van der Waals surface area contributed by atoms with Crippen molar-refractivity contribution in [3.05, 3.63) is 161 Å². The van der Waals surface area contributed by atoms with Gasteiger partial charge in [0.25, 0.3) is 0 Å². The summed E-state index contributed by atoms with van der Waals surface area (Å²) in [6, 6.07) is 42.8. The zero-order valence-electron chi connectivity index (χ0n) is 31.1. The number of anilines is 1. The van der Waals surface area contributed by atoms with Crippen molar-refractivity contribution in [2.75, 3.05) is 17.5 Å². The summed E-state index contributed by atoms with van der Waals surface area (Å²) < 4.78 is 61.0. The molecule has 0 aliphatic heterocycles. The molecule has 0 spiro atoms.